The Balaban J connectivity index is 3.94. The summed E-state index contributed by atoms with van der Waals surface area (Å²) in [5, 5.41) is 0. The molecule has 0 fully saturated rings. The summed E-state index contributed by atoms with van der Waals surface area (Å²) in [6.45, 7) is 7.07. The summed E-state index contributed by atoms with van der Waals surface area (Å²) in [7, 11) is 0. The summed E-state index contributed by atoms with van der Waals surface area (Å²) in [4.78, 5) is 0. The Morgan fingerprint density at radius 1 is 1.31 bits per heavy atom. The van der Waals surface area contributed by atoms with Crippen molar-refractivity contribution in [2.75, 3.05) is 0 Å². The van der Waals surface area contributed by atoms with Gasteiger partial charge in [0, 0.05) is 5.92 Å². The number of alkyl halides is 2. The van der Waals surface area contributed by atoms with Gasteiger partial charge < -0.3 is 0 Å². The van der Waals surface area contributed by atoms with Gasteiger partial charge in [-0.25, -0.2) is 8.78 Å². The molecule has 0 nitrogen and oxygen atoms in total. The Bertz CT molecular complexity index is 141. The van der Waals surface area contributed by atoms with Crippen LogP contribution in [0.2, 0.25) is 0 Å². The summed E-state index contributed by atoms with van der Waals surface area (Å²) < 4.78 is 26.3. The van der Waals surface area contributed by atoms with E-state index in [0.29, 0.717) is 12.8 Å². The molecule has 1 atom stereocenters. The minimum absolute atomic E-state index is 0.517. The maximum Gasteiger partial charge on any atom is 0.268 e. The topological polar surface area (TPSA) is 0 Å². The zero-order valence-electron chi connectivity index (χ0n) is 8.65. The normalized spacial score (nSPS) is 14.2. The van der Waals surface area contributed by atoms with Crippen molar-refractivity contribution in [1.29, 1.82) is 0 Å². The van der Waals surface area contributed by atoms with Crippen molar-refractivity contribution in [3.63, 3.8) is 0 Å². The number of hydrogen-bond acceptors (Lipinski definition) is 0. The first-order chi connectivity index (χ1) is 6.08. The van der Waals surface area contributed by atoms with Crippen molar-refractivity contribution in [2.24, 2.45) is 5.92 Å². The molecule has 1 unspecified atom stereocenters. The van der Waals surface area contributed by atoms with Crippen molar-refractivity contribution >= 4 is 0 Å². The molecule has 0 N–H and O–H groups in total. The molecule has 0 aliphatic rings. The molecule has 13 heavy (non-hydrogen) atoms. The molecular weight excluding hydrogens is 170 g/mol. The van der Waals surface area contributed by atoms with Crippen LogP contribution in [0.15, 0.2) is 12.7 Å². The van der Waals surface area contributed by atoms with Crippen molar-refractivity contribution in [3.8, 4) is 0 Å². The van der Waals surface area contributed by atoms with Crippen LogP contribution in [0.4, 0.5) is 8.78 Å². The Hall–Kier alpha value is -0.400. The first-order valence-electron chi connectivity index (χ1n) is 5.09. The second kappa shape index (κ2) is 6.11. The minimum atomic E-state index is -2.68. The molecule has 78 valence electrons. The van der Waals surface area contributed by atoms with Crippen LogP contribution in [-0.2, 0) is 0 Å². The fraction of sp³-hybridized carbons (Fsp3) is 0.818. The van der Waals surface area contributed by atoms with Gasteiger partial charge in [-0.15, -0.1) is 0 Å². The first kappa shape index (κ1) is 12.6. The fourth-order valence-corrected chi connectivity index (χ4v) is 1.48. The largest absolute Gasteiger partial charge is 0.268 e. The van der Waals surface area contributed by atoms with Gasteiger partial charge in [0.1, 0.15) is 0 Å². The molecular formula is C11H20F2. The average Bonchev–Trinajstić information content (AvgIpc) is 2.12. The molecule has 0 radical (unpaired) electrons. The summed E-state index contributed by atoms with van der Waals surface area (Å²) in [6, 6.07) is 0. The molecule has 0 rings (SSSR count). The van der Waals surface area contributed by atoms with Gasteiger partial charge in [0.15, 0.2) is 0 Å². The quantitative estimate of drug-likeness (QED) is 0.412. The van der Waals surface area contributed by atoms with Crippen LogP contribution in [0.1, 0.15) is 46.0 Å². The van der Waals surface area contributed by atoms with Gasteiger partial charge in [-0.1, -0.05) is 39.7 Å². The van der Waals surface area contributed by atoms with Crippen molar-refractivity contribution < 1.29 is 8.78 Å². The Labute approximate surface area is 80.0 Å². The van der Waals surface area contributed by atoms with E-state index in [9.17, 15) is 8.78 Å². The van der Waals surface area contributed by atoms with E-state index in [1.165, 1.54) is 0 Å². The van der Waals surface area contributed by atoms with E-state index in [1.54, 1.807) is 0 Å². The molecule has 0 heterocycles. The van der Waals surface area contributed by atoms with Crippen LogP contribution in [0.3, 0.4) is 0 Å². The molecule has 0 aromatic rings. The third-order valence-corrected chi connectivity index (χ3v) is 2.47. The third kappa shape index (κ3) is 4.39. The molecule has 0 aliphatic carbocycles. The van der Waals surface area contributed by atoms with Gasteiger partial charge in [0.25, 0.3) is 5.92 Å². The molecule has 0 aromatic heterocycles. The SMILES string of the molecule is C=CC(F)(F)C(CC)CCCCC. The van der Waals surface area contributed by atoms with Crippen LogP contribution in [0.25, 0.3) is 0 Å². The van der Waals surface area contributed by atoms with E-state index in [0.717, 1.165) is 25.3 Å². The van der Waals surface area contributed by atoms with Crippen LogP contribution in [0, 0.1) is 5.92 Å². The number of allylic oxidation sites excluding steroid dienone is 1. The monoisotopic (exact) mass is 190 g/mol. The number of rotatable bonds is 7. The molecule has 0 spiro atoms. The van der Waals surface area contributed by atoms with Crippen molar-refractivity contribution in [3.05, 3.63) is 12.7 Å². The fourth-order valence-electron chi connectivity index (χ4n) is 1.48. The predicted molar refractivity (Wildman–Crippen MR) is 53.1 cm³/mol. The van der Waals surface area contributed by atoms with Gasteiger partial charge in [0.2, 0.25) is 0 Å². The highest BCUT2D eigenvalue weighted by molar-refractivity contribution is 4.92. The van der Waals surface area contributed by atoms with Crippen molar-refractivity contribution in [2.45, 2.75) is 51.9 Å². The smallest absolute Gasteiger partial charge is 0.202 e. The summed E-state index contributed by atoms with van der Waals surface area (Å²) >= 11 is 0. The van der Waals surface area contributed by atoms with Gasteiger partial charge in [-0.05, 0) is 18.9 Å². The van der Waals surface area contributed by atoms with Gasteiger partial charge >= 0.3 is 0 Å². The second-order valence-electron chi connectivity index (χ2n) is 3.48. The second-order valence-corrected chi connectivity index (χ2v) is 3.48. The van der Waals surface area contributed by atoms with Gasteiger partial charge in [0.05, 0.1) is 0 Å². The maximum absolute atomic E-state index is 13.1. The zero-order chi connectivity index (χ0) is 10.3. The molecule has 0 amide bonds. The molecule has 0 bridgehead atoms. The zero-order valence-corrected chi connectivity index (χ0v) is 8.65. The van der Waals surface area contributed by atoms with E-state index in [-0.39, 0.29) is 0 Å². The van der Waals surface area contributed by atoms with E-state index in [4.69, 9.17) is 0 Å². The highest BCUT2D eigenvalue weighted by Crippen LogP contribution is 2.32. The number of unbranched alkanes of at least 4 members (excludes halogenated alkanes) is 2. The number of halogens is 2. The Kier molecular flexibility index (Phi) is 5.93. The maximum atomic E-state index is 13.1. The van der Waals surface area contributed by atoms with E-state index < -0.39 is 11.8 Å². The standard InChI is InChI=1S/C11H20F2/c1-4-7-8-9-10(5-2)11(12,13)6-3/h6,10H,3-5,7-9H2,1-2H3. The molecule has 0 saturated carbocycles. The lowest BCUT2D eigenvalue weighted by Gasteiger charge is -2.22. The van der Waals surface area contributed by atoms with Crippen LogP contribution >= 0.6 is 0 Å². The minimum Gasteiger partial charge on any atom is -0.202 e. The lowest BCUT2D eigenvalue weighted by Crippen LogP contribution is -2.24. The van der Waals surface area contributed by atoms with E-state index in [2.05, 4.69) is 13.5 Å². The lowest BCUT2D eigenvalue weighted by molar-refractivity contribution is -0.0150. The average molecular weight is 190 g/mol. The molecule has 2 heteroatoms. The lowest BCUT2D eigenvalue weighted by atomic mass is 9.92. The van der Waals surface area contributed by atoms with E-state index in [1.807, 2.05) is 6.92 Å². The van der Waals surface area contributed by atoms with Gasteiger partial charge in [-0.2, -0.15) is 0 Å². The molecule has 0 aliphatic heterocycles. The van der Waals surface area contributed by atoms with Crippen LogP contribution in [-0.4, -0.2) is 5.92 Å². The summed E-state index contributed by atoms with van der Waals surface area (Å²) in [5.41, 5.74) is 0. The van der Waals surface area contributed by atoms with E-state index >= 15 is 0 Å². The Morgan fingerprint density at radius 2 is 1.92 bits per heavy atom. The first-order valence-corrected chi connectivity index (χ1v) is 5.09. The van der Waals surface area contributed by atoms with Gasteiger partial charge in [-0.3, -0.25) is 0 Å². The van der Waals surface area contributed by atoms with Crippen LogP contribution in [0.5, 0.6) is 0 Å². The summed E-state index contributed by atoms with van der Waals surface area (Å²) in [6.07, 6.45) is 4.96. The Morgan fingerprint density at radius 3 is 2.31 bits per heavy atom. The summed E-state index contributed by atoms with van der Waals surface area (Å²) in [5.74, 6) is -3.20. The molecule has 0 saturated heterocycles. The third-order valence-electron chi connectivity index (χ3n) is 2.47. The molecule has 0 aromatic carbocycles. The predicted octanol–water partition coefficient (Wildman–Crippen LogP) is 4.41. The highest BCUT2D eigenvalue weighted by atomic mass is 19.3. The number of hydrogen-bond donors (Lipinski definition) is 0. The van der Waals surface area contributed by atoms with Crippen molar-refractivity contribution in [1.82, 2.24) is 0 Å². The highest BCUT2D eigenvalue weighted by Gasteiger charge is 2.33. The van der Waals surface area contributed by atoms with Crippen LogP contribution < -0.4 is 0 Å².